The molecule has 1 heterocycles. The number of nitrogens with zero attached hydrogens (tertiary/aromatic N) is 1. The third-order valence-electron chi connectivity index (χ3n) is 4.39. The van der Waals surface area contributed by atoms with Crippen LogP contribution in [0.25, 0.3) is 0 Å². The molecule has 0 radical (unpaired) electrons. The second-order valence-electron chi connectivity index (χ2n) is 6.37. The summed E-state index contributed by atoms with van der Waals surface area (Å²) in [4.78, 5) is 12.0. The highest BCUT2D eigenvalue weighted by Gasteiger charge is 2.28. The number of benzene rings is 2. The number of sulfonamides is 1. The lowest BCUT2D eigenvalue weighted by Gasteiger charge is -2.17. The molecule has 6 nitrogen and oxygen atoms in total. The van der Waals surface area contributed by atoms with Crippen molar-refractivity contribution in [2.24, 2.45) is 0 Å². The van der Waals surface area contributed by atoms with Crippen molar-refractivity contribution in [1.82, 2.24) is 0 Å². The monoisotopic (exact) mass is 374 g/mol. The number of nitrogens with one attached hydrogen (secondary N) is 1. The van der Waals surface area contributed by atoms with Gasteiger partial charge in [0.1, 0.15) is 5.75 Å². The van der Waals surface area contributed by atoms with Crippen LogP contribution in [0.4, 0.5) is 11.4 Å². The lowest BCUT2D eigenvalue weighted by molar-refractivity contribution is -0.118. The smallest absolute Gasteiger partial charge is 0.262 e. The Balaban J connectivity index is 1.57. The predicted molar refractivity (Wildman–Crippen MR) is 102 cm³/mol. The summed E-state index contributed by atoms with van der Waals surface area (Å²) in [7, 11) is -3.20. The Bertz CT molecular complexity index is 908. The lowest BCUT2D eigenvalue weighted by atomic mass is 10.1. The van der Waals surface area contributed by atoms with Gasteiger partial charge in [0, 0.05) is 12.2 Å². The van der Waals surface area contributed by atoms with Crippen LogP contribution in [0.1, 0.15) is 17.5 Å². The first-order valence-electron chi connectivity index (χ1n) is 8.45. The van der Waals surface area contributed by atoms with Crippen molar-refractivity contribution in [1.29, 1.82) is 0 Å². The molecule has 7 heteroatoms. The summed E-state index contributed by atoms with van der Waals surface area (Å²) in [6, 6.07) is 12.5. The van der Waals surface area contributed by atoms with Gasteiger partial charge in [-0.3, -0.25) is 9.10 Å². The first-order valence-corrected chi connectivity index (χ1v) is 10.1. The highest BCUT2D eigenvalue weighted by Crippen LogP contribution is 2.25. The van der Waals surface area contributed by atoms with E-state index >= 15 is 0 Å². The fourth-order valence-electron chi connectivity index (χ4n) is 2.79. The van der Waals surface area contributed by atoms with Gasteiger partial charge >= 0.3 is 0 Å². The summed E-state index contributed by atoms with van der Waals surface area (Å²) in [6.07, 6.45) is 0.636. The van der Waals surface area contributed by atoms with E-state index in [-0.39, 0.29) is 18.3 Å². The van der Waals surface area contributed by atoms with Crippen LogP contribution in [0.15, 0.2) is 42.5 Å². The van der Waals surface area contributed by atoms with E-state index in [2.05, 4.69) is 5.32 Å². The number of carbonyl (C=O) groups is 1. The molecule has 0 saturated carbocycles. The molecular formula is C19H22N2O4S. The number of amides is 1. The second-order valence-corrected chi connectivity index (χ2v) is 8.38. The van der Waals surface area contributed by atoms with Crippen molar-refractivity contribution in [2.45, 2.75) is 20.3 Å². The van der Waals surface area contributed by atoms with Crippen molar-refractivity contribution in [2.75, 3.05) is 28.5 Å². The number of aryl methyl sites for hydroxylation is 2. The minimum atomic E-state index is -3.20. The first-order chi connectivity index (χ1) is 12.3. The molecule has 0 bridgehead atoms. The molecule has 2 aromatic carbocycles. The molecule has 2 aromatic rings. The maximum absolute atomic E-state index is 12.0. The van der Waals surface area contributed by atoms with Gasteiger partial charge in [-0.2, -0.15) is 0 Å². The minimum Gasteiger partial charge on any atom is -0.484 e. The summed E-state index contributed by atoms with van der Waals surface area (Å²) in [5, 5.41) is 2.74. The summed E-state index contributed by atoms with van der Waals surface area (Å²) in [5.41, 5.74) is 3.49. The third kappa shape index (κ3) is 4.16. The quantitative estimate of drug-likeness (QED) is 0.873. The van der Waals surface area contributed by atoms with Crippen molar-refractivity contribution < 1.29 is 17.9 Å². The van der Waals surface area contributed by atoms with Gasteiger partial charge in [0.05, 0.1) is 11.4 Å². The van der Waals surface area contributed by atoms with Crippen LogP contribution < -0.4 is 14.4 Å². The summed E-state index contributed by atoms with van der Waals surface area (Å²) >= 11 is 0. The van der Waals surface area contributed by atoms with Crippen molar-refractivity contribution in [3.05, 3.63) is 53.6 Å². The van der Waals surface area contributed by atoms with Crippen LogP contribution in [0.3, 0.4) is 0 Å². The average molecular weight is 374 g/mol. The highest BCUT2D eigenvalue weighted by atomic mass is 32.2. The maximum Gasteiger partial charge on any atom is 0.262 e. The van der Waals surface area contributed by atoms with Gasteiger partial charge in [0.2, 0.25) is 10.0 Å². The topological polar surface area (TPSA) is 75.7 Å². The lowest BCUT2D eigenvalue weighted by Crippen LogP contribution is -2.25. The van der Waals surface area contributed by atoms with Gasteiger partial charge in [-0.25, -0.2) is 8.42 Å². The molecule has 1 amide bonds. The normalized spacial score (nSPS) is 15.7. The predicted octanol–water partition coefficient (Wildman–Crippen LogP) is 2.86. The minimum absolute atomic E-state index is 0.0925. The number of hydrogen-bond acceptors (Lipinski definition) is 4. The largest absolute Gasteiger partial charge is 0.484 e. The number of ether oxygens (including phenoxy) is 1. The van der Waals surface area contributed by atoms with Crippen LogP contribution in [-0.4, -0.2) is 33.2 Å². The molecule has 0 spiro atoms. The Kier molecular flexibility index (Phi) is 5.18. The van der Waals surface area contributed by atoms with E-state index < -0.39 is 10.0 Å². The Morgan fingerprint density at radius 2 is 1.85 bits per heavy atom. The molecule has 0 aromatic heterocycles. The fraction of sp³-hybridized carbons (Fsp3) is 0.316. The molecule has 26 heavy (non-hydrogen) atoms. The highest BCUT2D eigenvalue weighted by molar-refractivity contribution is 7.93. The average Bonchev–Trinajstić information content (AvgIpc) is 2.96. The molecular weight excluding hydrogens is 352 g/mol. The van der Waals surface area contributed by atoms with Crippen molar-refractivity contribution in [3.63, 3.8) is 0 Å². The van der Waals surface area contributed by atoms with Crippen LogP contribution >= 0.6 is 0 Å². The summed E-state index contributed by atoms with van der Waals surface area (Å²) in [5.74, 6) is 0.559. The van der Waals surface area contributed by atoms with Gasteiger partial charge in [-0.05, 0) is 67.8 Å². The van der Waals surface area contributed by atoms with Gasteiger partial charge in [-0.15, -0.1) is 0 Å². The molecule has 138 valence electrons. The Hall–Kier alpha value is -2.54. The molecule has 1 saturated heterocycles. The SMILES string of the molecule is Cc1ccc(OCC(=O)Nc2ccc(N3CCCS3(=O)=O)cc2)cc1C. The Labute approximate surface area is 153 Å². The molecule has 1 fully saturated rings. The molecule has 1 aliphatic rings. The van der Waals surface area contributed by atoms with E-state index in [1.165, 1.54) is 9.87 Å². The fourth-order valence-corrected chi connectivity index (χ4v) is 4.35. The van der Waals surface area contributed by atoms with E-state index in [4.69, 9.17) is 4.74 Å². The van der Waals surface area contributed by atoms with Crippen LogP contribution in [-0.2, 0) is 14.8 Å². The zero-order chi connectivity index (χ0) is 18.7. The zero-order valence-corrected chi connectivity index (χ0v) is 15.7. The van der Waals surface area contributed by atoms with E-state index in [1.54, 1.807) is 24.3 Å². The molecule has 0 atom stereocenters. The van der Waals surface area contributed by atoms with E-state index in [0.29, 0.717) is 30.1 Å². The Morgan fingerprint density at radius 3 is 2.46 bits per heavy atom. The van der Waals surface area contributed by atoms with E-state index in [9.17, 15) is 13.2 Å². The van der Waals surface area contributed by atoms with Crippen molar-refractivity contribution >= 4 is 27.3 Å². The van der Waals surface area contributed by atoms with E-state index in [0.717, 1.165) is 5.56 Å². The van der Waals surface area contributed by atoms with Crippen molar-refractivity contribution in [3.8, 4) is 5.75 Å². The number of hydrogen-bond donors (Lipinski definition) is 1. The summed E-state index contributed by atoms with van der Waals surface area (Å²) in [6.45, 7) is 4.41. The molecule has 0 aliphatic carbocycles. The van der Waals surface area contributed by atoms with Crippen LogP contribution in [0.5, 0.6) is 5.75 Å². The number of rotatable bonds is 5. The molecule has 1 N–H and O–H groups in total. The van der Waals surface area contributed by atoms with Crippen LogP contribution in [0.2, 0.25) is 0 Å². The van der Waals surface area contributed by atoms with Gasteiger partial charge in [0.25, 0.3) is 5.91 Å². The van der Waals surface area contributed by atoms with E-state index in [1.807, 2.05) is 32.0 Å². The van der Waals surface area contributed by atoms with Gasteiger partial charge < -0.3 is 10.1 Å². The molecule has 0 unspecified atom stereocenters. The zero-order valence-electron chi connectivity index (χ0n) is 14.9. The van der Waals surface area contributed by atoms with Gasteiger partial charge in [-0.1, -0.05) is 6.07 Å². The maximum atomic E-state index is 12.0. The van der Waals surface area contributed by atoms with Crippen LogP contribution in [0, 0.1) is 13.8 Å². The molecule has 3 rings (SSSR count). The second kappa shape index (κ2) is 7.37. The van der Waals surface area contributed by atoms with Gasteiger partial charge in [0.15, 0.2) is 6.61 Å². The standard InChI is InChI=1S/C19H22N2O4S/c1-14-4-9-18(12-15(14)2)25-13-19(22)20-16-5-7-17(8-6-16)21-10-3-11-26(21,23)24/h4-9,12H,3,10-11,13H2,1-2H3,(H,20,22). The number of carbonyl (C=O) groups excluding carboxylic acids is 1. The summed E-state index contributed by atoms with van der Waals surface area (Å²) < 4.78 is 30.8. The molecule has 1 aliphatic heterocycles. The Morgan fingerprint density at radius 1 is 1.12 bits per heavy atom. The third-order valence-corrected chi connectivity index (χ3v) is 6.26. The first kappa shape index (κ1) is 18.3. The number of anilines is 2.